The van der Waals surface area contributed by atoms with Crippen molar-refractivity contribution in [2.45, 2.75) is 23.7 Å². The van der Waals surface area contributed by atoms with Crippen LogP contribution < -0.4 is 0 Å². The highest BCUT2D eigenvalue weighted by molar-refractivity contribution is 8.01. The Morgan fingerprint density at radius 2 is 2.26 bits per heavy atom. The summed E-state index contributed by atoms with van der Waals surface area (Å²) in [5, 5.41) is 19.8. The van der Waals surface area contributed by atoms with Crippen LogP contribution in [0.3, 0.4) is 0 Å². The Labute approximate surface area is 141 Å². The summed E-state index contributed by atoms with van der Waals surface area (Å²) in [7, 11) is 1.59. The number of nitro benzene ring substituents is 1. The van der Waals surface area contributed by atoms with Gasteiger partial charge in [-0.05, 0) is 19.9 Å². The number of non-ortho nitro benzene ring substituents is 1. The standard InChI is InChI=1S/C14H14N4O3S2/c1-14(2,8-15)17(3)12(19)7-22-13-16-10-5-4-9(18(20)21)6-11(10)23-13/h4-6H,7H2,1-3H3. The Morgan fingerprint density at radius 1 is 1.57 bits per heavy atom. The average Bonchev–Trinajstić information content (AvgIpc) is 2.93. The number of rotatable bonds is 5. The smallest absolute Gasteiger partial charge is 0.270 e. The summed E-state index contributed by atoms with van der Waals surface area (Å²) in [6, 6.07) is 6.56. The van der Waals surface area contributed by atoms with Gasteiger partial charge in [0.1, 0.15) is 5.54 Å². The molecule has 7 nitrogen and oxygen atoms in total. The molecule has 0 aliphatic carbocycles. The molecule has 0 spiro atoms. The van der Waals surface area contributed by atoms with Crippen LogP contribution in [0.15, 0.2) is 22.5 Å². The first-order chi connectivity index (χ1) is 10.7. The van der Waals surface area contributed by atoms with Gasteiger partial charge in [-0.1, -0.05) is 11.8 Å². The van der Waals surface area contributed by atoms with E-state index in [-0.39, 0.29) is 17.3 Å². The lowest BCUT2D eigenvalue weighted by molar-refractivity contribution is -0.384. The van der Waals surface area contributed by atoms with Gasteiger partial charge in [0.15, 0.2) is 4.34 Å². The van der Waals surface area contributed by atoms with E-state index in [1.807, 2.05) is 0 Å². The predicted molar refractivity (Wildman–Crippen MR) is 89.5 cm³/mol. The van der Waals surface area contributed by atoms with E-state index in [1.54, 1.807) is 27.0 Å². The summed E-state index contributed by atoms with van der Waals surface area (Å²) >= 11 is 2.57. The van der Waals surface area contributed by atoms with E-state index in [1.165, 1.54) is 40.1 Å². The number of amides is 1. The molecule has 0 radical (unpaired) electrons. The molecule has 0 saturated heterocycles. The molecule has 1 amide bonds. The van der Waals surface area contributed by atoms with Crippen LogP contribution >= 0.6 is 23.1 Å². The molecule has 2 rings (SSSR count). The van der Waals surface area contributed by atoms with Gasteiger partial charge < -0.3 is 4.90 Å². The highest BCUT2D eigenvalue weighted by atomic mass is 32.2. The SMILES string of the molecule is CN(C(=O)CSc1nc2ccc([N+](=O)[O-])cc2s1)C(C)(C)C#N. The number of thioether (sulfide) groups is 1. The number of aromatic nitrogens is 1. The zero-order chi connectivity index (χ0) is 17.2. The van der Waals surface area contributed by atoms with Crippen LogP contribution in [0.2, 0.25) is 0 Å². The largest absolute Gasteiger partial charge is 0.327 e. The van der Waals surface area contributed by atoms with Crippen molar-refractivity contribution >= 4 is 44.9 Å². The van der Waals surface area contributed by atoms with Crippen LogP contribution in [0, 0.1) is 21.4 Å². The Kier molecular flexibility index (Phi) is 4.87. The van der Waals surface area contributed by atoms with Gasteiger partial charge in [0.2, 0.25) is 5.91 Å². The van der Waals surface area contributed by atoms with Gasteiger partial charge in [0, 0.05) is 19.2 Å². The van der Waals surface area contributed by atoms with Crippen molar-refractivity contribution in [2.24, 2.45) is 0 Å². The summed E-state index contributed by atoms with van der Waals surface area (Å²) in [5.74, 6) is -0.0180. The van der Waals surface area contributed by atoms with Gasteiger partial charge in [-0.25, -0.2) is 4.98 Å². The number of hydrogen-bond donors (Lipinski definition) is 0. The lowest BCUT2D eigenvalue weighted by Crippen LogP contribution is -2.44. The zero-order valence-corrected chi connectivity index (χ0v) is 14.4. The van der Waals surface area contributed by atoms with Crippen molar-refractivity contribution < 1.29 is 9.72 Å². The van der Waals surface area contributed by atoms with E-state index < -0.39 is 10.5 Å². The van der Waals surface area contributed by atoms with Crippen LogP contribution in [0.4, 0.5) is 5.69 Å². The van der Waals surface area contributed by atoms with Gasteiger partial charge in [-0.2, -0.15) is 5.26 Å². The summed E-state index contributed by atoms with van der Waals surface area (Å²) in [5.41, 5.74) is -0.184. The molecule has 1 aromatic heterocycles. The molecule has 0 unspecified atom stereocenters. The fraction of sp³-hybridized carbons (Fsp3) is 0.357. The average molecular weight is 350 g/mol. The number of thiazole rings is 1. The summed E-state index contributed by atoms with van der Waals surface area (Å²) < 4.78 is 1.37. The predicted octanol–water partition coefficient (Wildman–Crippen LogP) is 3.06. The number of fused-ring (bicyclic) bond motifs is 1. The number of hydrogen-bond acceptors (Lipinski definition) is 7. The molecular weight excluding hydrogens is 336 g/mol. The van der Waals surface area contributed by atoms with E-state index in [9.17, 15) is 14.9 Å². The normalized spacial score (nSPS) is 11.2. The van der Waals surface area contributed by atoms with Crippen LogP contribution in [-0.2, 0) is 4.79 Å². The number of carbonyl (C=O) groups is 1. The summed E-state index contributed by atoms with van der Waals surface area (Å²) in [6.07, 6.45) is 0. The molecule has 0 atom stereocenters. The van der Waals surface area contributed by atoms with Crippen molar-refractivity contribution in [1.82, 2.24) is 9.88 Å². The summed E-state index contributed by atoms with van der Waals surface area (Å²) in [6.45, 7) is 3.35. The monoisotopic (exact) mass is 350 g/mol. The first-order valence-corrected chi connectivity index (χ1v) is 8.40. The number of nitro groups is 1. The Morgan fingerprint density at radius 3 is 2.87 bits per heavy atom. The molecule has 0 aliphatic heterocycles. The van der Waals surface area contributed by atoms with Gasteiger partial charge >= 0.3 is 0 Å². The molecule has 2 aromatic rings. The lowest BCUT2D eigenvalue weighted by Gasteiger charge is -2.28. The van der Waals surface area contributed by atoms with E-state index in [0.29, 0.717) is 14.6 Å². The molecule has 9 heteroatoms. The van der Waals surface area contributed by atoms with Crippen molar-refractivity contribution in [1.29, 1.82) is 5.26 Å². The Bertz CT molecular complexity index is 810. The third kappa shape index (κ3) is 3.78. The second-order valence-corrected chi connectivity index (χ2v) is 7.55. The minimum absolute atomic E-state index is 0.0179. The van der Waals surface area contributed by atoms with Crippen LogP contribution in [0.5, 0.6) is 0 Å². The van der Waals surface area contributed by atoms with Gasteiger partial charge in [0.05, 0.1) is 27.0 Å². The fourth-order valence-electron chi connectivity index (χ4n) is 1.67. The lowest BCUT2D eigenvalue weighted by atomic mass is 10.1. The molecule has 23 heavy (non-hydrogen) atoms. The first kappa shape index (κ1) is 17.2. The number of nitrogens with zero attached hydrogens (tertiary/aromatic N) is 4. The highest BCUT2D eigenvalue weighted by Gasteiger charge is 2.27. The fourth-order valence-corrected chi connectivity index (χ4v) is 3.69. The number of carbonyl (C=O) groups excluding carboxylic acids is 1. The second kappa shape index (κ2) is 6.52. The molecule has 1 aromatic carbocycles. The van der Waals surface area contributed by atoms with E-state index in [0.717, 1.165) is 0 Å². The Balaban J connectivity index is 2.09. The second-order valence-electron chi connectivity index (χ2n) is 5.30. The van der Waals surface area contributed by atoms with Gasteiger partial charge in [-0.15, -0.1) is 11.3 Å². The topological polar surface area (TPSA) is 100 Å². The van der Waals surface area contributed by atoms with Crippen molar-refractivity contribution in [2.75, 3.05) is 12.8 Å². The maximum Gasteiger partial charge on any atom is 0.270 e. The zero-order valence-electron chi connectivity index (χ0n) is 12.8. The third-order valence-electron chi connectivity index (χ3n) is 3.37. The molecule has 0 bridgehead atoms. The molecule has 0 N–H and O–H groups in total. The highest BCUT2D eigenvalue weighted by Crippen LogP contribution is 2.32. The van der Waals surface area contributed by atoms with E-state index in [2.05, 4.69) is 11.1 Å². The van der Waals surface area contributed by atoms with Crippen molar-refractivity contribution in [3.63, 3.8) is 0 Å². The summed E-state index contributed by atoms with van der Waals surface area (Å²) in [4.78, 5) is 28.2. The quantitative estimate of drug-likeness (QED) is 0.467. The molecule has 0 saturated carbocycles. The van der Waals surface area contributed by atoms with Crippen LogP contribution in [-0.4, -0.2) is 39.1 Å². The maximum atomic E-state index is 12.1. The number of benzene rings is 1. The molecule has 0 aliphatic rings. The molecule has 0 fully saturated rings. The van der Waals surface area contributed by atoms with Crippen molar-refractivity contribution in [3.8, 4) is 6.07 Å². The first-order valence-electron chi connectivity index (χ1n) is 6.60. The minimum Gasteiger partial charge on any atom is -0.327 e. The van der Waals surface area contributed by atoms with Crippen LogP contribution in [0.25, 0.3) is 10.2 Å². The molecule has 120 valence electrons. The maximum absolute atomic E-state index is 12.1. The van der Waals surface area contributed by atoms with Crippen molar-refractivity contribution in [3.05, 3.63) is 28.3 Å². The van der Waals surface area contributed by atoms with E-state index >= 15 is 0 Å². The molecular formula is C14H14N4O3S2. The van der Waals surface area contributed by atoms with Gasteiger partial charge in [-0.3, -0.25) is 14.9 Å². The van der Waals surface area contributed by atoms with E-state index in [4.69, 9.17) is 5.26 Å². The number of nitriles is 1. The minimum atomic E-state index is -0.869. The van der Waals surface area contributed by atoms with Gasteiger partial charge in [0.25, 0.3) is 5.69 Å². The van der Waals surface area contributed by atoms with Crippen LogP contribution in [0.1, 0.15) is 13.8 Å². The Hall–Kier alpha value is -2.18. The molecule has 1 heterocycles. The third-order valence-corrected chi connectivity index (χ3v) is 5.51.